The lowest BCUT2D eigenvalue weighted by Crippen LogP contribution is -2.04. The second-order valence-electron chi connectivity index (χ2n) is 5.89. The van der Waals surface area contributed by atoms with Gasteiger partial charge in [0.05, 0.1) is 25.5 Å². The number of carbonyl (C=O) groups is 1. The maximum Gasteiger partial charge on any atom is 0.337 e. The van der Waals surface area contributed by atoms with Crippen LogP contribution in [0.25, 0.3) is 0 Å². The van der Waals surface area contributed by atoms with Crippen LogP contribution in [0.2, 0.25) is 0 Å². The number of methoxy groups -OCH3 is 2. The number of hydrogen-bond donors (Lipinski definition) is 2. The molecular weight excluding hydrogens is 360 g/mol. The number of anilines is 3. The minimum atomic E-state index is -0.424. The Morgan fingerprint density at radius 2 is 1.82 bits per heavy atom. The molecule has 28 heavy (non-hydrogen) atoms. The molecule has 144 valence electrons. The third-order valence-electron chi connectivity index (χ3n) is 3.95. The van der Waals surface area contributed by atoms with Crippen LogP contribution in [0.15, 0.2) is 48.8 Å². The average molecular weight is 380 g/mol. The van der Waals surface area contributed by atoms with E-state index in [1.165, 1.54) is 13.4 Å². The lowest BCUT2D eigenvalue weighted by molar-refractivity contribution is 0.0600. The molecule has 0 atom stereocenters. The first-order valence-electron chi connectivity index (χ1n) is 8.40. The summed E-state index contributed by atoms with van der Waals surface area (Å²) in [6, 6.07) is 12.2. The molecule has 0 fully saturated rings. The van der Waals surface area contributed by atoms with Crippen molar-refractivity contribution in [1.82, 2.24) is 9.97 Å². The van der Waals surface area contributed by atoms with E-state index in [0.29, 0.717) is 22.9 Å². The zero-order chi connectivity index (χ0) is 20.1. The molecule has 8 nitrogen and oxygen atoms in total. The molecule has 8 heteroatoms. The Bertz CT molecular complexity index is 990. The van der Waals surface area contributed by atoms with Crippen molar-refractivity contribution in [2.75, 3.05) is 25.3 Å². The van der Waals surface area contributed by atoms with Crippen LogP contribution in [-0.4, -0.2) is 30.2 Å². The number of nitrogens with two attached hydrogens (primary N) is 1. The summed E-state index contributed by atoms with van der Waals surface area (Å²) in [5.41, 5.74) is 8.61. The highest BCUT2D eigenvalue weighted by molar-refractivity contribution is 5.89. The quantitative estimate of drug-likeness (QED) is 0.623. The van der Waals surface area contributed by atoms with E-state index in [1.54, 1.807) is 31.4 Å². The van der Waals surface area contributed by atoms with Crippen LogP contribution < -0.4 is 20.5 Å². The van der Waals surface area contributed by atoms with Crippen LogP contribution in [0.3, 0.4) is 0 Å². The molecule has 3 N–H and O–H groups in total. The topological polar surface area (TPSA) is 109 Å². The van der Waals surface area contributed by atoms with Crippen molar-refractivity contribution in [3.63, 3.8) is 0 Å². The predicted molar refractivity (Wildman–Crippen MR) is 105 cm³/mol. The van der Waals surface area contributed by atoms with Gasteiger partial charge in [-0.15, -0.1) is 0 Å². The molecule has 0 bridgehead atoms. The van der Waals surface area contributed by atoms with E-state index in [9.17, 15) is 4.79 Å². The average Bonchev–Trinajstić information content (AvgIpc) is 2.71. The van der Waals surface area contributed by atoms with E-state index in [1.807, 2.05) is 25.1 Å². The number of hydrogen-bond acceptors (Lipinski definition) is 8. The number of benzene rings is 2. The number of nitrogens with zero attached hydrogens (tertiary/aromatic N) is 2. The number of nitrogen functional groups attached to an aromatic ring is 1. The van der Waals surface area contributed by atoms with Crippen LogP contribution in [0.1, 0.15) is 15.9 Å². The Labute approximate surface area is 162 Å². The molecule has 0 aliphatic rings. The number of esters is 1. The fourth-order valence-electron chi connectivity index (χ4n) is 2.50. The van der Waals surface area contributed by atoms with E-state index in [0.717, 1.165) is 11.3 Å². The van der Waals surface area contributed by atoms with Gasteiger partial charge < -0.3 is 25.3 Å². The molecule has 2 aromatic carbocycles. The van der Waals surface area contributed by atoms with Crippen LogP contribution in [0, 0.1) is 6.92 Å². The molecule has 0 saturated heterocycles. The number of nitrogens with one attached hydrogen (secondary N) is 1. The minimum Gasteiger partial charge on any atom is -0.495 e. The number of rotatable bonds is 6. The molecule has 0 saturated carbocycles. The van der Waals surface area contributed by atoms with Gasteiger partial charge in [-0.05, 0) is 48.9 Å². The van der Waals surface area contributed by atoms with Crippen molar-refractivity contribution in [2.45, 2.75) is 6.92 Å². The summed E-state index contributed by atoms with van der Waals surface area (Å²) < 4.78 is 15.8. The summed E-state index contributed by atoms with van der Waals surface area (Å²) in [5, 5.41) is 3.15. The minimum absolute atomic E-state index is 0.190. The summed E-state index contributed by atoms with van der Waals surface area (Å²) in [7, 11) is 2.91. The predicted octanol–water partition coefficient (Wildman–Crippen LogP) is 3.70. The summed E-state index contributed by atoms with van der Waals surface area (Å²) in [6.45, 7) is 1.97. The number of carbonyl (C=O) groups excluding carboxylic acids is 1. The molecular formula is C20H20N4O4. The van der Waals surface area contributed by atoms with Gasteiger partial charge in [-0.25, -0.2) is 9.78 Å². The van der Waals surface area contributed by atoms with Gasteiger partial charge in [-0.3, -0.25) is 0 Å². The van der Waals surface area contributed by atoms with Gasteiger partial charge in [0, 0.05) is 0 Å². The summed E-state index contributed by atoms with van der Waals surface area (Å²) in [4.78, 5) is 19.8. The maximum absolute atomic E-state index is 11.5. The Morgan fingerprint density at radius 1 is 1.07 bits per heavy atom. The molecule has 0 unspecified atom stereocenters. The van der Waals surface area contributed by atoms with E-state index in [4.69, 9.17) is 15.2 Å². The third kappa shape index (κ3) is 4.12. The molecule has 3 rings (SSSR count). The first-order valence-corrected chi connectivity index (χ1v) is 8.40. The van der Waals surface area contributed by atoms with Crippen LogP contribution in [0.5, 0.6) is 17.4 Å². The fourth-order valence-corrected chi connectivity index (χ4v) is 2.50. The number of ether oxygens (including phenoxy) is 3. The van der Waals surface area contributed by atoms with Gasteiger partial charge >= 0.3 is 5.97 Å². The highest BCUT2D eigenvalue weighted by Crippen LogP contribution is 2.34. The maximum atomic E-state index is 11.5. The second kappa shape index (κ2) is 8.26. The SMILES string of the molecule is COC(=O)c1ccc(Oc2ncnc(Nc3cc(C)ccc3OC)c2N)cc1. The summed E-state index contributed by atoms with van der Waals surface area (Å²) in [6.07, 6.45) is 1.35. The Balaban J connectivity index is 1.83. The van der Waals surface area contributed by atoms with Crippen molar-refractivity contribution < 1.29 is 19.0 Å². The molecule has 0 aliphatic carbocycles. The normalized spacial score (nSPS) is 10.2. The molecule has 0 spiro atoms. The lowest BCUT2D eigenvalue weighted by Gasteiger charge is -2.14. The smallest absolute Gasteiger partial charge is 0.337 e. The van der Waals surface area contributed by atoms with Crippen molar-refractivity contribution >= 4 is 23.2 Å². The van der Waals surface area contributed by atoms with Gasteiger partial charge in [-0.1, -0.05) is 6.07 Å². The lowest BCUT2D eigenvalue weighted by atomic mass is 10.2. The van der Waals surface area contributed by atoms with Gasteiger partial charge in [0.25, 0.3) is 0 Å². The highest BCUT2D eigenvalue weighted by atomic mass is 16.5. The summed E-state index contributed by atoms with van der Waals surface area (Å²) in [5.74, 6) is 1.28. The van der Waals surface area contributed by atoms with Crippen LogP contribution in [-0.2, 0) is 4.74 Å². The number of aromatic nitrogens is 2. The third-order valence-corrected chi connectivity index (χ3v) is 3.95. The van der Waals surface area contributed by atoms with Gasteiger partial charge in [0.2, 0.25) is 5.88 Å². The molecule has 0 amide bonds. The van der Waals surface area contributed by atoms with E-state index in [-0.39, 0.29) is 11.6 Å². The van der Waals surface area contributed by atoms with Gasteiger partial charge in [0.1, 0.15) is 23.5 Å². The Hall–Kier alpha value is -3.81. The van der Waals surface area contributed by atoms with Crippen molar-refractivity contribution in [1.29, 1.82) is 0 Å². The van der Waals surface area contributed by atoms with Gasteiger partial charge in [-0.2, -0.15) is 4.98 Å². The van der Waals surface area contributed by atoms with Crippen molar-refractivity contribution in [2.24, 2.45) is 0 Å². The monoisotopic (exact) mass is 380 g/mol. The molecule has 1 aromatic heterocycles. The van der Waals surface area contributed by atoms with Crippen molar-refractivity contribution in [3.05, 3.63) is 59.9 Å². The molecule has 1 heterocycles. The highest BCUT2D eigenvalue weighted by Gasteiger charge is 2.13. The first-order chi connectivity index (χ1) is 13.5. The molecule has 0 radical (unpaired) electrons. The van der Waals surface area contributed by atoms with Crippen LogP contribution >= 0.6 is 0 Å². The van der Waals surface area contributed by atoms with Crippen molar-refractivity contribution in [3.8, 4) is 17.4 Å². The largest absolute Gasteiger partial charge is 0.495 e. The first kappa shape index (κ1) is 19.0. The van der Waals surface area contributed by atoms with Crippen LogP contribution in [0.4, 0.5) is 17.2 Å². The zero-order valence-electron chi connectivity index (χ0n) is 15.7. The number of aryl methyl sites for hydroxylation is 1. The standard InChI is InChI=1S/C20H20N4O4/c1-12-4-9-16(26-2)15(10-12)24-18-17(21)19(23-11-22-18)28-14-7-5-13(6-8-14)20(25)27-3/h4-11H,21H2,1-3H3,(H,22,23,24). The van der Waals surface area contributed by atoms with Gasteiger partial charge in [0.15, 0.2) is 5.82 Å². The second-order valence-corrected chi connectivity index (χ2v) is 5.89. The fraction of sp³-hybridized carbons (Fsp3) is 0.150. The zero-order valence-corrected chi connectivity index (χ0v) is 15.7. The van der Waals surface area contributed by atoms with E-state index < -0.39 is 5.97 Å². The summed E-state index contributed by atoms with van der Waals surface area (Å²) >= 11 is 0. The molecule has 3 aromatic rings. The Kier molecular flexibility index (Phi) is 5.59. The van der Waals surface area contributed by atoms with E-state index in [2.05, 4.69) is 20.0 Å². The van der Waals surface area contributed by atoms with E-state index >= 15 is 0 Å². The molecule has 0 aliphatic heterocycles. The Morgan fingerprint density at radius 3 is 2.50 bits per heavy atom.